The molecule has 0 aliphatic carbocycles. The summed E-state index contributed by atoms with van der Waals surface area (Å²) < 4.78 is 22.8. The molecule has 40 heavy (non-hydrogen) atoms. The maximum atomic E-state index is 13.7. The SMILES string of the molecule is COC(=O)[C@H](C)Oc1ccc(C=Nn2c(-c3cc(C(C)C)c(OC)cc3C)nc3ccccc3c2=O)cc1OC. The minimum atomic E-state index is -0.813. The molecule has 1 heterocycles. The average molecular weight is 544 g/mol. The first-order valence-corrected chi connectivity index (χ1v) is 12.9. The van der Waals surface area contributed by atoms with Crippen LogP contribution in [0.25, 0.3) is 22.3 Å². The fraction of sp³-hybridized carbons (Fsp3) is 0.290. The summed E-state index contributed by atoms with van der Waals surface area (Å²) in [5.41, 5.74) is 3.62. The lowest BCUT2D eigenvalue weighted by molar-refractivity contribution is -0.147. The highest BCUT2D eigenvalue weighted by atomic mass is 16.6. The number of hydrogen-bond donors (Lipinski definition) is 0. The van der Waals surface area contributed by atoms with Crippen LogP contribution < -0.4 is 19.8 Å². The molecular formula is C31H33N3O6. The van der Waals surface area contributed by atoms with Crippen molar-refractivity contribution in [1.82, 2.24) is 9.66 Å². The molecule has 0 N–H and O–H groups in total. The Morgan fingerprint density at radius 2 is 1.68 bits per heavy atom. The van der Waals surface area contributed by atoms with Crippen molar-refractivity contribution in [3.63, 3.8) is 0 Å². The number of fused-ring (bicyclic) bond motifs is 1. The molecule has 0 aliphatic heterocycles. The number of ether oxygens (including phenoxy) is 4. The predicted octanol–water partition coefficient (Wildman–Crippen LogP) is 5.34. The van der Waals surface area contributed by atoms with Crippen molar-refractivity contribution in [2.45, 2.75) is 39.7 Å². The molecule has 1 aromatic heterocycles. The third-order valence-electron chi connectivity index (χ3n) is 6.54. The molecule has 9 nitrogen and oxygen atoms in total. The van der Waals surface area contributed by atoms with E-state index >= 15 is 0 Å². The highest BCUT2D eigenvalue weighted by Gasteiger charge is 2.19. The Hall–Kier alpha value is -4.66. The van der Waals surface area contributed by atoms with Crippen molar-refractivity contribution in [2.75, 3.05) is 21.3 Å². The van der Waals surface area contributed by atoms with Gasteiger partial charge in [-0.1, -0.05) is 26.0 Å². The van der Waals surface area contributed by atoms with E-state index in [0.717, 1.165) is 22.4 Å². The predicted molar refractivity (Wildman–Crippen MR) is 155 cm³/mol. The number of para-hydroxylation sites is 1. The van der Waals surface area contributed by atoms with Crippen molar-refractivity contribution >= 4 is 23.1 Å². The van der Waals surface area contributed by atoms with Gasteiger partial charge in [-0.3, -0.25) is 4.79 Å². The zero-order valence-corrected chi connectivity index (χ0v) is 23.7. The second-order valence-corrected chi connectivity index (χ2v) is 9.57. The van der Waals surface area contributed by atoms with Gasteiger partial charge >= 0.3 is 5.97 Å². The van der Waals surface area contributed by atoms with E-state index in [9.17, 15) is 9.59 Å². The first-order valence-electron chi connectivity index (χ1n) is 12.9. The Kier molecular flexibility index (Phi) is 8.52. The normalized spacial score (nSPS) is 12.1. The third-order valence-corrected chi connectivity index (χ3v) is 6.54. The van der Waals surface area contributed by atoms with Crippen molar-refractivity contribution in [3.05, 3.63) is 81.6 Å². The summed E-state index contributed by atoms with van der Waals surface area (Å²) in [6.45, 7) is 7.72. The molecule has 208 valence electrons. The number of benzene rings is 3. The Bertz CT molecular complexity index is 1640. The first-order chi connectivity index (χ1) is 19.2. The first kappa shape index (κ1) is 28.4. The summed E-state index contributed by atoms with van der Waals surface area (Å²) in [7, 11) is 4.45. The van der Waals surface area contributed by atoms with Gasteiger partial charge in [-0.05, 0) is 78.9 Å². The van der Waals surface area contributed by atoms with Crippen molar-refractivity contribution in [2.24, 2.45) is 5.10 Å². The fourth-order valence-corrected chi connectivity index (χ4v) is 4.36. The van der Waals surface area contributed by atoms with E-state index in [-0.39, 0.29) is 11.5 Å². The van der Waals surface area contributed by atoms with Crippen LogP contribution in [0.1, 0.15) is 43.4 Å². The lowest BCUT2D eigenvalue weighted by atomic mass is 9.96. The number of nitrogens with zero attached hydrogens (tertiary/aromatic N) is 3. The van der Waals surface area contributed by atoms with E-state index in [4.69, 9.17) is 23.9 Å². The van der Waals surface area contributed by atoms with Gasteiger partial charge in [0.2, 0.25) is 0 Å². The maximum Gasteiger partial charge on any atom is 0.346 e. The third kappa shape index (κ3) is 5.68. The molecule has 0 spiro atoms. The summed E-state index contributed by atoms with van der Waals surface area (Å²) in [6.07, 6.45) is 0.742. The summed E-state index contributed by atoms with van der Waals surface area (Å²) in [4.78, 5) is 30.3. The van der Waals surface area contributed by atoms with Gasteiger partial charge in [0.15, 0.2) is 23.4 Å². The second kappa shape index (κ2) is 12.0. The molecule has 0 amide bonds. The van der Waals surface area contributed by atoms with Gasteiger partial charge in [-0.25, -0.2) is 9.78 Å². The Morgan fingerprint density at radius 1 is 0.950 bits per heavy atom. The van der Waals surface area contributed by atoms with E-state index in [1.54, 1.807) is 50.6 Å². The smallest absolute Gasteiger partial charge is 0.346 e. The van der Waals surface area contributed by atoms with E-state index in [2.05, 4.69) is 18.9 Å². The van der Waals surface area contributed by atoms with Crippen LogP contribution in [0.15, 0.2) is 64.5 Å². The Morgan fingerprint density at radius 3 is 2.35 bits per heavy atom. The van der Waals surface area contributed by atoms with Crippen LogP contribution in [-0.2, 0) is 9.53 Å². The molecular weight excluding hydrogens is 510 g/mol. The number of hydrogen-bond acceptors (Lipinski definition) is 8. The maximum absolute atomic E-state index is 13.7. The topological polar surface area (TPSA) is 101 Å². The van der Waals surface area contributed by atoms with Crippen LogP contribution in [0.4, 0.5) is 0 Å². The standard InChI is InChI=1S/C31H33N3O6/c1-18(2)23-16-24(19(3)14-27(23)37-5)29-33-25-11-9-8-10-22(25)30(35)34(29)32-17-21-12-13-26(28(15-21)38-6)40-20(4)31(36)39-7/h8-18,20H,1-7H3/t20-/m0/s1. The van der Waals surface area contributed by atoms with Crippen LogP contribution in [0.2, 0.25) is 0 Å². The van der Waals surface area contributed by atoms with Crippen LogP contribution in [0, 0.1) is 6.92 Å². The number of aromatic nitrogens is 2. The number of methoxy groups -OCH3 is 3. The van der Waals surface area contributed by atoms with Crippen molar-refractivity contribution < 1.29 is 23.7 Å². The number of aryl methyl sites for hydroxylation is 1. The van der Waals surface area contributed by atoms with Crippen molar-refractivity contribution in [3.8, 4) is 28.6 Å². The molecule has 0 fully saturated rings. The van der Waals surface area contributed by atoms with E-state index < -0.39 is 12.1 Å². The second-order valence-electron chi connectivity index (χ2n) is 9.57. The highest BCUT2D eigenvalue weighted by molar-refractivity contribution is 5.83. The minimum Gasteiger partial charge on any atom is -0.496 e. The van der Waals surface area contributed by atoms with Crippen LogP contribution in [0.5, 0.6) is 17.2 Å². The van der Waals surface area contributed by atoms with Gasteiger partial charge in [0, 0.05) is 5.56 Å². The number of rotatable bonds is 9. The van der Waals surface area contributed by atoms with Gasteiger partial charge < -0.3 is 18.9 Å². The van der Waals surface area contributed by atoms with E-state index in [1.165, 1.54) is 18.9 Å². The van der Waals surface area contributed by atoms with Crippen molar-refractivity contribution in [1.29, 1.82) is 0 Å². The van der Waals surface area contributed by atoms with E-state index in [1.807, 2.05) is 31.2 Å². The van der Waals surface area contributed by atoms with Gasteiger partial charge in [0.05, 0.1) is 38.4 Å². The van der Waals surface area contributed by atoms with E-state index in [0.29, 0.717) is 33.8 Å². The Balaban J connectivity index is 1.84. The van der Waals surface area contributed by atoms with Gasteiger partial charge in [0.1, 0.15) is 5.75 Å². The highest BCUT2D eigenvalue weighted by Crippen LogP contribution is 2.34. The molecule has 0 saturated carbocycles. The molecule has 4 rings (SSSR count). The van der Waals surface area contributed by atoms with Gasteiger partial charge in [-0.15, -0.1) is 0 Å². The summed E-state index contributed by atoms with van der Waals surface area (Å²) in [5, 5.41) is 5.04. The molecule has 0 bridgehead atoms. The number of carbonyl (C=O) groups is 1. The number of carbonyl (C=O) groups excluding carboxylic acids is 1. The lowest BCUT2D eigenvalue weighted by Crippen LogP contribution is -2.25. The molecule has 3 aromatic carbocycles. The monoisotopic (exact) mass is 543 g/mol. The molecule has 0 aliphatic rings. The quantitative estimate of drug-likeness (QED) is 0.208. The summed E-state index contributed by atoms with van der Waals surface area (Å²) in [6, 6.07) is 16.3. The van der Waals surface area contributed by atoms with Gasteiger partial charge in [0.25, 0.3) is 5.56 Å². The summed E-state index contributed by atoms with van der Waals surface area (Å²) >= 11 is 0. The Labute approximate surface area is 233 Å². The molecule has 0 saturated heterocycles. The lowest BCUT2D eigenvalue weighted by Gasteiger charge is -2.17. The molecule has 0 unspecified atom stereocenters. The average Bonchev–Trinajstić information content (AvgIpc) is 2.96. The largest absolute Gasteiger partial charge is 0.496 e. The number of esters is 1. The minimum absolute atomic E-state index is 0.188. The molecule has 9 heteroatoms. The molecule has 0 radical (unpaired) electrons. The van der Waals surface area contributed by atoms with Crippen LogP contribution in [0.3, 0.4) is 0 Å². The summed E-state index contributed by atoms with van der Waals surface area (Å²) in [5.74, 6) is 1.66. The van der Waals surface area contributed by atoms with Crippen LogP contribution in [-0.4, -0.2) is 49.3 Å². The van der Waals surface area contributed by atoms with Gasteiger partial charge in [-0.2, -0.15) is 9.78 Å². The zero-order valence-electron chi connectivity index (χ0n) is 23.7. The molecule has 1 atom stereocenters. The molecule has 4 aromatic rings. The fourth-order valence-electron chi connectivity index (χ4n) is 4.36. The van der Waals surface area contributed by atoms with Crippen LogP contribution >= 0.6 is 0 Å². The zero-order chi connectivity index (χ0) is 29.0.